The van der Waals surface area contributed by atoms with Crippen LogP contribution in [0, 0.1) is 40.4 Å². The smallest absolute Gasteiger partial charge is 0.155 e. The van der Waals surface area contributed by atoms with Gasteiger partial charge in [-0.2, -0.15) is 0 Å². The summed E-state index contributed by atoms with van der Waals surface area (Å²) in [5, 5.41) is 0.411. The van der Waals surface area contributed by atoms with Crippen molar-refractivity contribution in [1.82, 2.24) is 0 Å². The first-order valence-corrected chi connectivity index (χ1v) is 15.1. The Morgan fingerprint density at radius 2 is 2.00 bits per heavy atom. The Hall–Kier alpha value is -1.07. The summed E-state index contributed by atoms with van der Waals surface area (Å²) in [6.07, 6.45) is 18.0. The van der Waals surface area contributed by atoms with E-state index in [9.17, 15) is 9.59 Å². The lowest BCUT2D eigenvalue weighted by Crippen LogP contribution is -2.54. The van der Waals surface area contributed by atoms with Crippen molar-refractivity contribution in [3.8, 4) is 0 Å². The van der Waals surface area contributed by atoms with Crippen LogP contribution in [0.1, 0.15) is 65.7 Å². The van der Waals surface area contributed by atoms with Gasteiger partial charge in [-0.15, -0.1) is 0 Å². The van der Waals surface area contributed by atoms with Gasteiger partial charge in [-0.1, -0.05) is 74.2 Å². The first kappa shape index (κ1) is 23.3. The minimum atomic E-state index is 0.129. The average Bonchev–Trinajstić information content (AvgIpc) is 3.37. The molecule has 34 heavy (non-hydrogen) atoms. The molecule has 0 aromatic rings. The van der Waals surface area contributed by atoms with E-state index in [1.165, 1.54) is 18.4 Å². The molecule has 6 aliphatic rings. The molecule has 0 saturated heterocycles. The maximum atomic E-state index is 13.6. The van der Waals surface area contributed by atoms with Gasteiger partial charge in [0, 0.05) is 12.3 Å². The molecule has 0 aromatic carbocycles. The zero-order chi connectivity index (χ0) is 23.7. The Morgan fingerprint density at radius 1 is 1.18 bits per heavy atom. The number of carbonyl (C=O) groups is 2. The molecule has 0 spiro atoms. The number of rotatable bonds is 3. The molecule has 6 rings (SSSR count). The molecule has 5 aliphatic carbocycles. The Labute approximate surface area is 212 Å². The normalized spacial score (nSPS) is 46.8. The van der Waals surface area contributed by atoms with E-state index in [4.69, 9.17) is 4.99 Å². The topological polar surface area (TPSA) is 46.5 Å². The van der Waals surface area contributed by atoms with Gasteiger partial charge in [0.25, 0.3) is 0 Å². The van der Waals surface area contributed by atoms with Crippen LogP contribution in [0.4, 0.5) is 0 Å². The number of hydrogen-bond donors (Lipinski definition) is 0. The first-order chi connectivity index (χ1) is 16.3. The van der Waals surface area contributed by atoms with Crippen LogP contribution in [0.5, 0.6) is 0 Å². The second kappa shape index (κ2) is 8.50. The third-order valence-corrected chi connectivity index (χ3v) is 12.9. The number of hydrogen-bond acceptors (Lipinski definition) is 5. The second-order valence-corrected chi connectivity index (χ2v) is 14.6. The van der Waals surface area contributed by atoms with E-state index >= 15 is 0 Å². The first-order valence-electron chi connectivity index (χ1n) is 13.3. The molecule has 3 fully saturated rings. The van der Waals surface area contributed by atoms with Gasteiger partial charge >= 0.3 is 0 Å². The number of ketones is 2. The summed E-state index contributed by atoms with van der Waals surface area (Å²) in [6.45, 7) is 7.36. The summed E-state index contributed by atoms with van der Waals surface area (Å²) in [5.41, 5.74) is 1.75. The summed E-state index contributed by atoms with van der Waals surface area (Å²) >= 11 is 3.50. The fourth-order valence-corrected chi connectivity index (χ4v) is 11.5. The van der Waals surface area contributed by atoms with Gasteiger partial charge in [-0.05, 0) is 79.1 Å². The van der Waals surface area contributed by atoms with Crippen molar-refractivity contribution in [2.24, 2.45) is 45.4 Å². The molecule has 0 bridgehead atoms. The van der Waals surface area contributed by atoms with Gasteiger partial charge in [0.2, 0.25) is 0 Å². The third kappa shape index (κ3) is 3.58. The van der Waals surface area contributed by atoms with Crippen molar-refractivity contribution in [2.45, 2.75) is 77.0 Å². The highest BCUT2D eigenvalue weighted by Crippen LogP contribution is 2.68. The quantitative estimate of drug-likeness (QED) is 0.440. The molecule has 8 unspecified atom stereocenters. The molecule has 1 heterocycles. The van der Waals surface area contributed by atoms with E-state index in [1.807, 2.05) is 17.8 Å². The van der Waals surface area contributed by atoms with E-state index < -0.39 is 0 Å². The van der Waals surface area contributed by atoms with Crippen molar-refractivity contribution in [2.75, 3.05) is 5.75 Å². The zero-order valence-corrected chi connectivity index (χ0v) is 22.3. The molecular weight excluding hydrogens is 458 g/mol. The molecule has 3 nitrogen and oxygen atoms in total. The van der Waals surface area contributed by atoms with E-state index in [-0.39, 0.29) is 22.8 Å². The molecule has 182 valence electrons. The van der Waals surface area contributed by atoms with Crippen LogP contribution in [0.15, 0.2) is 40.9 Å². The Morgan fingerprint density at radius 3 is 2.82 bits per heavy atom. The lowest BCUT2D eigenvalue weighted by atomic mass is 9.44. The van der Waals surface area contributed by atoms with Crippen LogP contribution in [0.2, 0.25) is 0 Å². The number of aliphatic imine (C=N–C) groups is 1. The van der Waals surface area contributed by atoms with E-state index in [2.05, 4.69) is 45.1 Å². The number of thioether (sulfide) groups is 2. The van der Waals surface area contributed by atoms with Crippen LogP contribution < -0.4 is 0 Å². The van der Waals surface area contributed by atoms with Gasteiger partial charge < -0.3 is 0 Å². The third-order valence-electron chi connectivity index (χ3n) is 10.5. The summed E-state index contributed by atoms with van der Waals surface area (Å²) in [7, 11) is 0. The van der Waals surface area contributed by atoms with Gasteiger partial charge in [-0.3, -0.25) is 14.6 Å². The standard InChI is InChI=1S/C29H37NO2S2/c1-17-15-29(3)21(20-9-8-18-14-19(31)12-13-28(18,2)26(17)20)10-11-22(29)24(32)16-33-27-30-23-6-4-5-7-25(23)34-27/h4-7,14,17,20-23,25-26H,8-13,15-16H2,1-3H3/t17-,20?,21?,22?,23?,25?,26?,28?,29?/m0/s1. The lowest BCUT2D eigenvalue weighted by molar-refractivity contribution is -0.131. The molecule has 3 saturated carbocycles. The van der Waals surface area contributed by atoms with Crippen molar-refractivity contribution in [3.63, 3.8) is 0 Å². The number of Topliss-reactive ketones (excluding diaryl/α,β-unsaturated/α-hetero) is 1. The van der Waals surface area contributed by atoms with E-state index in [0.29, 0.717) is 52.7 Å². The molecular formula is C29H37NO2S2. The molecule has 9 atom stereocenters. The molecule has 5 heteroatoms. The maximum absolute atomic E-state index is 13.6. The van der Waals surface area contributed by atoms with Crippen LogP contribution in [0.25, 0.3) is 0 Å². The lowest BCUT2D eigenvalue weighted by Gasteiger charge is -2.60. The van der Waals surface area contributed by atoms with Gasteiger partial charge in [0.15, 0.2) is 5.78 Å². The van der Waals surface area contributed by atoms with E-state index in [0.717, 1.165) is 30.1 Å². The van der Waals surface area contributed by atoms with Crippen molar-refractivity contribution in [3.05, 3.63) is 36.0 Å². The molecule has 0 N–H and O–H groups in total. The van der Waals surface area contributed by atoms with Crippen molar-refractivity contribution < 1.29 is 9.59 Å². The summed E-state index contributed by atoms with van der Waals surface area (Å²) < 4.78 is 1.09. The fourth-order valence-electron chi connectivity index (χ4n) is 9.17. The Kier molecular flexibility index (Phi) is 5.84. The van der Waals surface area contributed by atoms with Gasteiger partial charge in [0.05, 0.1) is 17.0 Å². The van der Waals surface area contributed by atoms with Crippen LogP contribution in [-0.2, 0) is 9.59 Å². The highest BCUT2D eigenvalue weighted by molar-refractivity contribution is 8.39. The highest BCUT2D eigenvalue weighted by atomic mass is 32.2. The number of carbonyl (C=O) groups excluding carboxylic acids is 2. The van der Waals surface area contributed by atoms with Crippen molar-refractivity contribution >= 4 is 39.5 Å². The summed E-state index contributed by atoms with van der Waals surface area (Å²) in [5.74, 6) is 4.17. The monoisotopic (exact) mass is 495 g/mol. The maximum Gasteiger partial charge on any atom is 0.155 e. The SMILES string of the molecule is C[C@H]1CC2(C)C(C(=O)CSC3=NC4C=CC=CC4S3)CCC2C2CCC3=CC(=O)CCC3(C)C21. The molecule has 0 radical (unpaired) electrons. The number of fused-ring (bicyclic) bond motifs is 6. The Balaban J connectivity index is 1.17. The summed E-state index contributed by atoms with van der Waals surface area (Å²) in [4.78, 5) is 30.6. The van der Waals surface area contributed by atoms with Crippen LogP contribution in [-0.4, -0.2) is 33.0 Å². The average molecular weight is 496 g/mol. The Bertz CT molecular complexity index is 1030. The fraction of sp³-hybridized carbons (Fsp3) is 0.690. The second-order valence-electron chi connectivity index (χ2n) is 12.2. The number of nitrogens with zero attached hydrogens (tertiary/aromatic N) is 1. The molecule has 0 aromatic heterocycles. The van der Waals surface area contributed by atoms with Crippen molar-refractivity contribution in [1.29, 1.82) is 0 Å². The van der Waals surface area contributed by atoms with Gasteiger partial charge in [0.1, 0.15) is 10.2 Å². The van der Waals surface area contributed by atoms with Crippen LogP contribution in [0.3, 0.4) is 0 Å². The number of allylic oxidation sites excluding steroid dienone is 3. The molecule has 0 amide bonds. The minimum Gasteiger partial charge on any atom is -0.298 e. The van der Waals surface area contributed by atoms with E-state index in [1.54, 1.807) is 11.8 Å². The predicted octanol–water partition coefficient (Wildman–Crippen LogP) is 6.65. The zero-order valence-electron chi connectivity index (χ0n) is 20.7. The predicted molar refractivity (Wildman–Crippen MR) is 143 cm³/mol. The van der Waals surface area contributed by atoms with Crippen LogP contribution >= 0.6 is 23.5 Å². The minimum absolute atomic E-state index is 0.129. The van der Waals surface area contributed by atoms with Gasteiger partial charge in [-0.25, -0.2) is 0 Å². The summed E-state index contributed by atoms with van der Waals surface area (Å²) in [6, 6.07) is 0.249. The highest BCUT2D eigenvalue weighted by Gasteiger charge is 2.62. The molecule has 1 aliphatic heterocycles. The largest absolute Gasteiger partial charge is 0.298 e.